The standard InChI is InChI=1S/C17H15N2O/c1-20-15-8-9-16-14(11-15)7-10-17(19-16)18-12-13-5-3-2-4-6-13/h2-9,11H,12H2,1H3,(H,18,19). The first-order valence-electron chi connectivity index (χ1n) is 6.49. The van der Waals surface area contributed by atoms with E-state index in [4.69, 9.17) is 4.74 Å². The molecule has 0 unspecified atom stereocenters. The van der Waals surface area contributed by atoms with Crippen molar-refractivity contribution in [1.82, 2.24) is 4.98 Å². The fourth-order valence-corrected chi connectivity index (χ4v) is 2.05. The van der Waals surface area contributed by atoms with Crippen molar-refractivity contribution in [3.05, 3.63) is 66.2 Å². The van der Waals surface area contributed by atoms with Crippen LogP contribution in [0.2, 0.25) is 0 Å². The molecule has 0 amide bonds. The lowest BCUT2D eigenvalue weighted by Gasteiger charge is -2.07. The fraction of sp³-hybridized carbons (Fsp3) is 0.118. The second-order valence-corrected chi connectivity index (χ2v) is 4.51. The van der Waals surface area contributed by atoms with Crippen LogP contribution in [0.1, 0.15) is 5.56 Å². The summed E-state index contributed by atoms with van der Waals surface area (Å²) in [7, 11) is 1.66. The van der Waals surface area contributed by atoms with Crippen LogP contribution in [-0.4, -0.2) is 12.1 Å². The number of aromatic nitrogens is 1. The molecule has 0 saturated carbocycles. The zero-order chi connectivity index (χ0) is 13.8. The number of fused-ring (bicyclic) bond motifs is 1. The van der Waals surface area contributed by atoms with Crippen LogP contribution in [0.3, 0.4) is 0 Å². The predicted molar refractivity (Wildman–Crippen MR) is 80.9 cm³/mol. The third kappa shape index (κ3) is 2.72. The monoisotopic (exact) mass is 263 g/mol. The molecule has 2 aromatic carbocycles. The number of anilines is 1. The summed E-state index contributed by atoms with van der Waals surface area (Å²) in [5.41, 5.74) is 2.15. The molecule has 1 radical (unpaired) electrons. The van der Waals surface area contributed by atoms with Crippen molar-refractivity contribution in [3.8, 4) is 5.75 Å². The second kappa shape index (κ2) is 5.61. The van der Waals surface area contributed by atoms with Crippen LogP contribution in [0.15, 0.2) is 54.6 Å². The molecule has 3 aromatic rings. The predicted octanol–water partition coefficient (Wildman–Crippen LogP) is 3.66. The highest BCUT2D eigenvalue weighted by Crippen LogP contribution is 2.20. The minimum Gasteiger partial charge on any atom is -0.497 e. The number of hydrogen-bond acceptors (Lipinski definition) is 3. The normalized spacial score (nSPS) is 10.4. The first kappa shape index (κ1) is 12.5. The van der Waals surface area contributed by atoms with Gasteiger partial charge in [0.25, 0.3) is 0 Å². The first-order chi connectivity index (χ1) is 9.85. The Labute approximate surface area is 118 Å². The van der Waals surface area contributed by atoms with Gasteiger partial charge >= 0.3 is 0 Å². The van der Waals surface area contributed by atoms with E-state index in [1.807, 2.05) is 42.5 Å². The van der Waals surface area contributed by atoms with Crippen LogP contribution in [0, 0.1) is 6.07 Å². The van der Waals surface area contributed by atoms with E-state index in [0.29, 0.717) is 0 Å². The molecule has 0 bridgehead atoms. The Morgan fingerprint density at radius 3 is 2.80 bits per heavy atom. The molecule has 3 nitrogen and oxygen atoms in total. The topological polar surface area (TPSA) is 34.1 Å². The SMILES string of the molecule is COc1ccc2nc(NCc3ccccc3)[c]cc2c1. The zero-order valence-electron chi connectivity index (χ0n) is 11.3. The molecule has 0 atom stereocenters. The van der Waals surface area contributed by atoms with E-state index in [0.717, 1.165) is 29.0 Å². The second-order valence-electron chi connectivity index (χ2n) is 4.51. The number of ether oxygens (including phenoxy) is 1. The summed E-state index contributed by atoms with van der Waals surface area (Å²) in [6, 6.07) is 21.1. The quantitative estimate of drug-likeness (QED) is 0.780. The minimum atomic E-state index is 0.742. The molecular weight excluding hydrogens is 248 g/mol. The Balaban J connectivity index is 1.79. The molecule has 3 heteroatoms. The van der Waals surface area contributed by atoms with Crippen molar-refractivity contribution < 1.29 is 4.74 Å². The number of hydrogen-bond donors (Lipinski definition) is 1. The molecule has 1 heterocycles. The molecule has 0 saturated heterocycles. The number of nitrogens with zero attached hydrogens (tertiary/aromatic N) is 1. The Bertz CT molecular complexity index is 711. The molecular formula is C17H15N2O. The summed E-state index contributed by atoms with van der Waals surface area (Å²) < 4.78 is 5.20. The van der Waals surface area contributed by atoms with Gasteiger partial charge in [-0.3, -0.25) is 0 Å². The van der Waals surface area contributed by atoms with Gasteiger partial charge in [0.15, 0.2) is 0 Å². The highest BCUT2D eigenvalue weighted by atomic mass is 16.5. The smallest absolute Gasteiger partial charge is 0.135 e. The minimum absolute atomic E-state index is 0.742. The van der Waals surface area contributed by atoms with Gasteiger partial charge in [-0.15, -0.1) is 0 Å². The maximum Gasteiger partial charge on any atom is 0.135 e. The molecule has 0 aliphatic rings. The Hall–Kier alpha value is -2.55. The largest absolute Gasteiger partial charge is 0.497 e. The van der Waals surface area contributed by atoms with E-state index in [9.17, 15) is 0 Å². The number of methoxy groups -OCH3 is 1. The molecule has 20 heavy (non-hydrogen) atoms. The van der Waals surface area contributed by atoms with Crippen LogP contribution < -0.4 is 10.1 Å². The van der Waals surface area contributed by atoms with Crippen LogP contribution in [0.25, 0.3) is 10.9 Å². The van der Waals surface area contributed by atoms with E-state index in [1.54, 1.807) is 7.11 Å². The molecule has 0 aliphatic carbocycles. The van der Waals surface area contributed by atoms with Gasteiger partial charge in [0.2, 0.25) is 0 Å². The van der Waals surface area contributed by atoms with E-state index >= 15 is 0 Å². The molecule has 1 aromatic heterocycles. The third-order valence-corrected chi connectivity index (χ3v) is 3.13. The average Bonchev–Trinajstić information content (AvgIpc) is 2.53. The Kier molecular flexibility index (Phi) is 3.50. The van der Waals surface area contributed by atoms with Crippen molar-refractivity contribution >= 4 is 16.7 Å². The molecule has 0 aliphatic heterocycles. The fourth-order valence-electron chi connectivity index (χ4n) is 2.05. The van der Waals surface area contributed by atoms with Crippen molar-refractivity contribution in [3.63, 3.8) is 0 Å². The van der Waals surface area contributed by atoms with Gasteiger partial charge in [0.05, 0.1) is 12.6 Å². The Morgan fingerprint density at radius 2 is 2.00 bits per heavy atom. The van der Waals surface area contributed by atoms with E-state index in [1.165, 1.54) is 5.56 Å². The maximum atomic E-state index is 5.20. The lowest BCUT2D eigenvalue weighted by molar-refractivity contribution is 0.415. The van der Waals surface area contributed by atoms with Gasteiger partial charge in [0, 0.05) is 18.0 Å². The van der Waals surface area contributed by atoms with E-state index in [2.05, 4.69) is 28.5 Å². The summed E-state index contributed by atoms with van der Waals surface area (Å²) in [6.45, 7) is 0.742. The lowest BCUT2D eigenvalue weighted by atomic mass is 10.2. The number of rotatable bonds is 4. The van der Waals surface area contributed by atoms with Gasteiger partial charge in [-0.2, -0.15) is 0 Å². The highest BCUT2D eigenvalue weighted by molar-refractivity contribution is 5.81. The summed E-state index contributed by atoms with van der Waals surface area (Å²) in [4.78, 5) is 4.54. The number of benzene rings is 2. The van der Waals surface area contributed by atoms with Crippen LogP contribution in [0.4, 0.5) is 5.82 Å². The number of nitrogens with one attached hydrogen (secondary N) is 1. The van der Waals surface area contributed by atoms with Crippen LogP contribution in [-0.2, 0) is 6.54 Å². The van der Waals surface area contributed by atoms with Gasteiger partial charge < -0.3 is 10.1 Å². The van der Waals surface area contributed by atoms with Gasteiger partial charge in [0.1, 0.15) is 11.6 Å². The van der Waals surface area contributed by atoms with Crippen molar-refractivity contribution in [1.29, 1.82) is 0 Å². The van der Waals surface area contributed by atoms with E-state index < -0.39 is 0 Å². The summed E-state index contributed by atoms with van der Waals surface area (Å²) >= 11 is 0. The van der Waals surface area contributed by atoms with Crippen LogP contribution in [0.5, 0.6) is 5.75 Å². The van der Waals surface area contributed by atoms with Crippen LogP contribution >= 0.6 is 0 Å². The molecule has 0 fully saturated rings. The summed E-state index contributed by atoms with van der Waals surface area (Å²) in [5, 5.41) is 4.31. The van der Waals surface area contributed by atoms with Crippen molar-refractivity contribution in [2.45, 2.75) is 6.54 Å². The average molecular weight is 263 g/mol. The number of pyridine rings is 1. The lowest BCUT2D eigenvalue weighted by Crippen LogP contribution is -2.01. The summed E-state index contributed by atoms with van der Waals surface area (Å²) in [5.74, 6) is 1.59. The van der Waals surface area contributed by atoms with Crippen molar-refractivity contribution in [2.75, 3.05) is 12.4 Å². The Morgan fingerprint density at radius 1 is 1.15 bits per heavy atom. The van der Waals surface area contributed by atoms with Gasteiger partial charge in [-0.05, 0) is 29.8 Å². The van der Waals surface area contributed by atoms with Crippen molar-refractivity contribution in [2.24, 2.45) is 0 Å². The first-order valence-corrected chi connectivity index (χ1v) is 6.49. The van der Waals surface area contributed by atoms with Gasteiger partial charge in [-0.1, -0.05) is 30.3 Å². The van der Waals surface area contributed by atoms with E-state index in [-0.39, 0.29) is 0 Å². The molecule has 3 rings (SSSR count). The molecule has 99 valence electrons. The van der Waals surface area contributed by atoms with Gasteiger partial charge in [-0.25, -0.2) is 4.98 Å². The molecule has 1 N–H and O–H groups in total. The third-order valence-electron chi connectivity index (χ3n) is 3.13. The molecule has 0 spiro atoms. The highest BCUT2D eigenvalue weighted by Gasteiger charge is 2.00. The zero-order valence-corrected chi connectivity index (χ0v) is 11.3. The summed E-state index contributed by atoms with van der Waals surface area (Å²) in [6.07, 6.45) is 0. The maximum absolute atomic E-state index is 5.20.